The van der Waals surface area contributed by atoms with E-state index in [0.29, 0.717) is 6.54 Å². The Morgan fingerprint density at radius 1 is 1.54 bits per heavy atom. The van der Waals surface area contributed by atoms with E-state index in [4.69, 9.17) is 4.74 Å². The first kappa shape index (κ1) is 16.4. The van der Waals surface area contributed by atoms with Gasteiger partial charge in [0.2, 0.25) is 5.82 Å². The number of pyridine rings is 1. The number of anilines is 1. The maximum Gasteiger partial charge on any atom is 0.345 e. The molecule has 0 aliphatic carbocycles. The lowest BCUT2D eigenvalue weighted by Gasteiger charge is -2.25. The Bertz CT molecular complexity index is 748. The van der Waals surface area contributed by atoms with Crippen LogP contribution in [-0.2, 0) is 4.74 Å². The molecule has 0 bridgehead atoms. The minimum absolute atomic E-state index is 0.0416. The first-order valence-electron chi connectivity index (χ1n) is 7.72. The van der Waals surface area contributed by atoms with Crippen molar-refractivity contribution in [3.8, 4) is 0 Å². The second kappa shape index (κ2) is 6.96. The molecule has 3 rings (SSSR count). The minimum Gasteiger partial charge on any atom is -0.462 e. The van der Waals surface area contributed by atoms with Gasteiger partial charge in [-0.25, -0.2) is 9.78 Å². The van der Waals surface area contributed by atoms with E-state index in [0.717, 1.165) is 18.4 Å². The van der Waals surface area contributed by atoms with E-state index in [1.807, 2.05) is 21.7 Å². The van der Waals surface area contributed by atoms with Crippen LogP contribution in [0, 0.1) is 10.1 Å². The zero-order chi connectivity index (χ0) is 17.1. The second-order valence-corrected chi connectivity index (χ2v) is 6.20. The number of nitro groups is 1. The molecule has 1 saturated heterocycles. The third kappa shape index (κ3) is 2.96. The van der Waals surface area contributed by atoms with Crippen LogP contribution in [0.1, 0.15) is 41.7 Å². The van der Waals surface area contributed by atoms with Gasteiger partial charge in [0.15, 0.2) is 0 Å². The lowest BCUT2D eigenvalue weighted by atomic mass is 10.1. The van der Waals surface area contributed by atoms with Gasteiger partial charge in [-0.1, -0.05) is 0 Å². The largest absolute Gasteiger partial charge is 0.462 e. The molecule has 0 amide bonds. The number of ether oxygens (including phenoxy) is 1. The number of esters is 1. The first-order chi connectivity index (χ1) is 11.6. The summed E-state index contributed by atoms with van der Waals surface area (Å²) < 4.78 is 4.95. The molecule has 24 heavy (non-hydrogen) atoms. The van der Waals surface area contributed by atoms with E-state index in [1.165, 1.54) is 12.3 Å². The molecule has 8 heteroatoms. The zero-order valence-electron chi connectivity index (χ0n) is 13.2. The summed E-state index contributed by atoms with van der Waals surface area (Å²) in [5.41, 5.74) is 0.788. The number of aromatic nitrogens is 1. The highest BCUT2D eigenvalue weighted by atomic mass is 32.1. The van der Waals surface area contributed by atoms with Crippen LogP contribution in [0.2, 0.25) is 0 Å². The molecule has 3 heterocycles. The second-order valence-electron chi connectivity index (χ2n) is 5.42. The highest BCUT2D eigenvalue weighted by Crippen LogP contribution is 2.40. The highest BCUT2D eigenvalue weighted by molar-refractivity contribution is 7.08. The molecule has 1 aliphatic rings. The van der Waals surface area contributed by atoms with Gasteiger partial charge in [0, 0.05) is 12.7 Å². The number of rotatable bonds is 5. The van der Waals surface area contributed by atoms with Gasteiger partial charge >= 0.3 is 11.7 Å². The molecule has 126 valence electrons. The van der Waals surface area contributed by atoms with Crippen LogP contribution in [0.4, 0.5) is 11.5 Å². The normalized spacial score (nSPS) is 17.0. The lowest BCUT2D eigenvalue weighted by Crippen LogP contribution is -2.25. The highest BCUT2D eigenvalue weighted by Gasteiger charge is 2.35. The lowest BCUT2D eigenvalue weighted by molar-refractivity contribution is -0.384. The molecule has 1 fully saturated rings. The summed E-state index contributed by atoms with van der Waals surface area (Å²) in [5, 5.41) is 15.7. The van der Waals surface area contributed by atoms with Crippen LogP contribution < -0.4 is 4.90 Å². The van der Waals surface area contributed by atoms with E-state index in [9.17, 15) is 14.9 Å². The SMILES string of the molecule is CCOC(=O)c1ccnc(N2CCCC2c2ccsc2)c1[N+](=O)[O-]. The molecule has 0 aromatic carbocycles. The fraction of sp³-hybridized carbons (Fsp3) is 0.375. The van der Waals surface area contributed by atoms with Gasteiger partial charge in [0.25, 0.3) is 0 Å². The van der Waals surface area contributed by atoms with Crippen molar-refractivity contribution in [2.24, 2.45) is 0 Å². The summed E-state index contributed by atoms with van der Waals surface area (Å²) in [6.45, 7) is 2.49. The Hall–Kier alpha value is -2.48. The van der Waals surface area contributed by atoms with Crippen molar-refractivity contribution >= 4 is 28.8 Å². The van der Waals surface area contributed by atoms with Crippen molar-refractivity contribution in [3.05, 3.63) is 50.3 Å². The van der Waals surface area contributed by atoms with Crippen molar-refractivity contribution in [3.63, 3.8) is 0 Å². The van der Waals surface area contributed by atoms with Gasteiger partial charge in [0.05, 0.1) is 17.6 Å². The third-order valence-electron chi connectivity index (χ3n) is 4.04. The van der Waals surface area contributed by atoms with Gasteiger partial charge in [-0.2, -0.15) is 11.3 Å². The van der Waals surface area contributed by atoms with E-state index in [1.54, 1.807) is 18.3 Å². The Balaban J connectivity index is 2.05. The fourth-order valence-corrected chi connectivity index (χ4v) is 3.75. The van der Waals surface area contributed by atoms with E-state index in [-0.39, 0.29) is 29.7 Å². The number of thiophene rings is 1. The molecule has 0 radical (unpaired) electrons. The maximum absolute atomic E-state index is 12.1. The van der Waals surface area contributed by atoms with Gasteiger partial charge in [-0.05, 0) is 48.2 Å². The van der Waals surface area contributed by atoms with Crippen LogP contribution in [0.25, 0.3) is 0 Å². The van der Waals surface area contributed by atoms with Crippen molar-refractivity contribution in [1.29, 1.82) is 0 Å². The van der Waals surface area contributed by atoms with Crippen LogP contribution in [0.5, 0.6) is 0 Å². The molecule has 7 nitrogen and oxygen atoms in total. The Kier molecular flexibility index (Phi) is 4.75. The van der Waals surface area contributed by atoms with Gasteiger partial charge in [0.1, 0.15) is 5.56 Å². The summed E-state index contributed by atoms with van der Waals surface area (Å²) in [7, 11) is 0. The molecule has 1 aliphatic heterocycles. The summed E-state index contributed by atoms with van der Waals surface area (Å²) in [6, 6.07) is 3.41. The van der Waals surface area contributed by atoms with Gasteiger partial charge in [-0.15, -0.1) is 0 Å². The van der Waals surface area contributed by atoms with E-state index >= 15 is 0 Å². The first-order valence-corrected chi connectivity index (χ1v) is 8.67. The van der Waals surface area contributed by atoms with Crippen LogP contribution in [-0.4, -0.2) is 29.0 Å². The predicted molar refractivity (Wildman–Crippen MR) is 90.5 cm³/mol. The third-order valence-corrected chi connectivity index (χ3v) is 4.74. The van der Waals surface area contributed by atoms with Crippen LogP contribution in [0.15, 0.2) is 29.1 Å². The fourth-order valence-electron chi connectivity index (χ4n) is 3.04. The Morgan fingerprint density at radius 2 is 2.38 bits per heavy atom. The Labute approximate surface area is 143 Å². The van der Waals surface area contributed by atoms with Crippen molar-refractivity contribution < 1.29 is 14.5 Å². The molecular weight excluding hydrogens is 330 g/mol. The molecule has 2 aromatic heterocycles. The van der Waals surface area contributed by atoms with Gasteiger partial charge in [-0.3, -0.25) is 10.1 Å². The smallest absolute Gasteiger partial charge is 0.345 e. The van der Waals surface area contributed by atoms with Crippen LogP contribution in [0.3, 0.4) is 0 Å². The predicted octanol–water partition coefficient (Wildman–Crippen LogP) is 3.57. The monoisotopic (exact) mass is 347 g/mol. The van der Waals surface area contributed by atoms with Crippen molar-refractivity contribution in [2.75, 3.05) is 18.1 Å². The quantitative estimate of drug-likeness (QED) is 0.467. The average molecular weight is 347 g/mol. The number of nitrogens with zero attached hydrogens (tertiary/aromatic N) is 3. The Morgan fingerprint density at radius 3 is 3.04 bits per heavy atom. The van der Waals surface area contributed by atoms with Gasteiger partial charge < -0.3 is 9.64 Å². The summed E-state index contributed by atoms with van der Waals surface area (Å²) >= 11 is 1.59. The molecule has 2 aromatic rings. The topological polar surface area (TPSA) is 85.6 Å². The number of carbonyl (C=O) groups excluding carboxylic acids is 1. The summed E-state index contributed by atoms with van der Waals surface area (Å²) in [5.74, 6) is -0.460. The minimum atomic E-state index is -0.695. The average Bonchev–Trinajstić information content (AvgIpc) is 3.25. The molecule has 1 atom stereocenters. The standard InChI is InChI=1S/C16H17N3O4S/c1-2-23-16(20)12-5-7-17-15(14(12)19(21)22)18-8-3-4-13(18)11-6-9-24-10-11/h5-7,9-10,13H,2-4,8H2,1H3. The van der Waals surface area contributed by atoms with Crippen molar-refractivity contribution in [1.82, 2.24) is 4.98 Å². The molecule has 0 saturated carbocycles. The zero-order valence-corrected chi connectivity index (χ0v) is 14.0. The summed E-state index contributed by atoms with van der Waals surface area (Å²) in [4.78, 5) is 29.3. The summed E-state index contributed by atoms with van der Waals surface area (Å²) in [6.07, 6.45) is 3.25. The van der Waals surface area contributed by atoms with Crippen LogP contribution >= 0.6 is 11.3 Å². The number of carbonyl (C=O) groups is 1. The molecule has 0 spiro atoms. The molecule has 0 N–H and O–H groups in total. The maximum atomic E-state index is 12.1. The van der Waals surface area contributed by atoms with Crippen molar-refractivity contribution in [2.45, 2.75) is 25.8 Å². The molecule has 1 unspecified atom stereocenters. The number of hydrogen-bond acceptors (Lipinski definition) is 7. The van der Waals surface area contributed by atoms with E-state index < -0.39 is 10.9 Å². The van der Waals surface area contributed by atoms with E-state index in [2.05, 4.69) is 4.98 Å². The molecular formula is C16H17N3O4S. The number of hydrogen-bond donors (Lipinski definition) is 0.